The van der Waals surface area contributed by atoms with E-state index in [9.17, 15) is 9.13 Å². The maximum Gasteiger partial charge on any atom is 0.373 e. The summed E-state index contributed by atoms with van der Waals surface area (Å²) in [6.45, 7) is 3.58. The average Bonchev–Trinajstić information content (AvgIpc) is 2.49. The molecule has 4 aliphatic carbocycles. The first-order valence-corrected chi connectivity index (χ1v) is 11.0. The normalized spacial score (nSPS) is 15.2. The Hall–Kier alpha value is -1.36. The van der Waals surface area contributed by atoms with Crippen molar-refractivity contribution in [2.24, 2.45) is 0 Å². The van der Waals surface area contributed by atoms with Gasteiger partial charge in [0.1, 0.15) is 13.3 Å². The van der Waals surface area contributed by atoms with Gasteiger partial charge in [0.2, 0.25) is 0 Å². The van der Waals surface area contributed by atoms with Crippen LogP contribution in [0.25, 0.3) is 0 Å². The van der Waals surface area contributed by atoms with Gasteiger partial charge in [-0.15, -0.1) is 0 Å². The summed E-state index contributed by atoms with van der Waals surface area (Å²) >= 11 is 0. The molecule has 0 aliphatic heterocycles. The van der Waals surface area contributed by atoms with Crippen molar-refractivity contribution in [3.8, 4) is 0 Å². The fraction of sp³-hybridized carbons (Fsp3) is 0.333. The van der Waals surface area contributed by atoms with Gasteiger partial charge in [-0.2, -0.15) is 0 Å². The lowest BCUT2D eigenvalue weighted by Gasteiger charge is -2.10. The van der Waals surface area contributed by atoms with Crippen molar-refractivity contribution in [2.75, 3.05) is 13.3 Å². The van der Waals surface area contributed by atoms with E-state index >= 15 is 0 Å². The molecule has 0 saturated heterocycles. The molecule has 2 atom stereocenters. The van der Waals surface area contributed by atoms with Crippen LogP contribution in [0.5, 0.6) is 0 Å². The molecule has 22 heavy (non-hydrogen) atoms. The van der Waals surface area contributed by atoms with Gasteiger partial charge in [-0.25, -0.2) is 0 Å². The van der Waals surface area contributed by atoms with Crippen LogP contribution in [0.4, 0.5) is 0 Å². The number of rotatable bonds is 2. The molecule has 6 rings (SSSR count). The topological polar surface area (TPSA) is 34.1 Å². The first-order valence-electron chi connectivity index (χ1n) is 7.60. The molecule has 0 radical (unpaired) electrons. The third-order valence-electron chi connectivity index (χ3n) is 4.34. The van der Waals surface area contributed by atoms with E-state index in [2.05, 4.69) is 36.4 Å². The van der Waals surface area contributed by atoms with Gasteiger partial charge in [-0.05, 0) is 48.9 Å². The Morgan fingerprint density at radius 2 is 1.09 bits per heavy atom. The molecule has 0 aromatic heterocycles. The van der Waals surface area contributed by atoms with Gasteiger partial charge < -0.3 is 0 Å². The van der Waals surface area contributed by atoms with Gasteiger partial charge in [-0.1, -0.05) is 33.4 Å². The van der Waals surface area contributed by atoms with Crippen LogP contribution in [0.15, 0.2) is 36.4 Å². The summed E-state index contributed by atoms with van der Waals surface area (Å²) < 4.78 is 24.1. The van der Waals surface area contributed by atoms with Crippen molar-refractivity contribution < 1.29 is 9.13 Å². The molecule has 0 fully saturated rings. The molecule has 2 aromatic rings. The second kappa shape index (κ2) is 6.41. The van der Waals surface area contributed by atoms with E-state index < -0.39 is 15.6 Å². The van der Waals surface area contributed by atoms with Crippen LogP contribution in [-0.2, 0) is 34.8 Å². The highest BCUT2D eigenvalue weighted by molar-refractivity contribution is 7.53. The first-order chi connectivity index (χ1) is 10.5. The summed E-state index contributed by atoms with van der Waals surface area (Å²) in [5, 5.41) is 2.01. The molecule has 4 bridgehead atoms. The summed E-state index contributed by atoms with van der Waals surface area (Å²) in [4.78, 5) is 0. The van der Waals surface area contributed by atoms with E-state index in [0.717, 1.165) is 36.3 Å². The van der Waals surface area contributed by atoms with E-state index in [0.29, 0.717) is 0 Å². The molecule has 2 aromatic carbocycles. The minimum atomic E-state index is -1.32. The lowest BCUT2D eigenvalue weighted by Crippen LogP contribution is -2.13. The Morgan fingerprint density at radius 3 is 1.45 bits per heavy atom. The van der Waals surface area contributed by atoms with Crippen molar-refractivity contribution in [3.05, 3.63) is 58.7 Å². The quantitative estimate of drug-likeness (QED) is 0.786. The molecule has 0 amide bonds. The van der Waals surface area contributed by atoms with E-state index in [4.69, 9.17) is 0 Å². The Bertz CT molecular complexity index is 700. The van der Waals surface area contributed by atoms with Crippen molar-refractivity contribution in [2.45, 2.75) is 25.7 Å². The average molecular weight is 330 g/mol. The van der Waals surface area contributed by atoms with Gasteiger partial charge in [0.25, 0.3) is 0 Å². The predicted molar refractivity (Wildman–Crippen MR) is 94.0 cm³/mol. The van der Waals surface area contributed by atoms with Crippen LogP contribution < -0.4 is 10.6 Å². The number of hydrogen-bond donors (Lipinski definition) is 0. The standard InChI is InChI=1S/C18H20O2P2/c1-21(19)17-11-13-3-7-15(17)9-5-14-4-8-16(10-6-13)18(12-14)22(2)20/h3-4,7-8,11-12H,5-6,9-10H2,1-2H3/q+2. The van der Waals surface area contributed by atoms with Crippen molar-refractivity contribution in [3.63, 3.8) is 0 Å². The van der Waals surface area contributed by atoms with Crippen LogP contribution in [0.3, 0.4) is 0 Å². The van der Waals surface area contributed by atoms with Crippen molar-refractivity contribution in [1.82, 2.24) is 0 Å². The zero-order chi connectivity index (χ0) is 15.7. The van der Waals surface area contributed by atoms with E-state index in [-0.39, 0.29) is 0 Å². The zero-order valence-corrected chi connectivity index (χ0v) is 14.8. The summed E-state index contributed by atoms with van der Waals surface area (Å²) in [6, 6.07) is 12.8. The van der Waals surface area contributed by atoms with Gasteiger partial charge in [-0.3, -0.25) is 0 Å². The Labute approximate surface area is 133 Å². The first kappa shape index (κ1) is 15.5. The molecule has 4 aliphatic rings. The molecule has 0 heterocycles. The summed E-state index contributed by atoms with van der Waals surface area (Å²) in [5.41, 5.74) is 4.79. The Morgan fingerprint density at radius 1 is 0.682 bits per heavy atom. The van der Waals surface area contributed by atoms with Gasteiger partial charge in [0, 0.05) is 11.1 Å². The number of hydrogen-bond acceptors (Lipinski definition) is 2. The molecule has 112 valence electrons. The zero-order valence-electron chi connectivity index (χ0n) is 13.0. The van der Waals surface area contributed by atoms with Crippen LogP contribution in [0.1, 0.15) is 22.3 Å². The molecule has 4 heteroatoms. The third-order valence-corrected chi connectivity index (χ3v) is 6.53. The highest BCUT2D eigenvalue weighted by Gasteiger charge is 2.22. The Balaban J connectivity index is 2.07. The fourth-order valence-electron chi connectivity index (χ4n) is 3.10. The molecular formula is C18H20O2P2+2. The van der Waals surface area contributed by atoms with Crippen LogP contribution >= 0.6 is 15.6 Å². The van der Waals surface area contributed by atoms with Crippen LogP contribution in [-0.4, -0.2) is 13.3 Å². The SMILES string of the molecule is C[P+](=O)c1cc2ccc1CCc1ccc(c([P+](C)=O)c1)CC2. The second-order valence-electron chi connectivity index (χ2n) is 5.92. The predicted octanol–water partition coefficient (Wildman–Crippen LogP) is 3.74. The lowest BCUT2D eigenvalue weighted by molar-refractivity contribution is 0.595. The maximum absolute atomic E-state index is 12.0. The van der Waals surface area contributed by atoms with Crippen molar-refractivity contribution >= 4 is 26.2 Å². The van der Waals surface area contributed by atoms with E-state index in [1.807, 2.05) is 0 Å². The highest BCUT2D eigenvalue weighted by atomic mass is 31.1. The molecule has 0 saturated carbocycles. The molecule has 2 nitrogen and oxygen atoms in total. The molecular weight excluding hydrogens is 310 g/mol. The van der Waals surface area contributed by atoms with Crippen LogP contribution in [0.2, 0.25) is 0 Å². The number of aryl methyl sites for hydroxylation is 4. The summed E-state index contributed by atoms with van der Waals surface area (Å²) in [5.74, 6) is 0. The fourth-order valence-corrected chi connectivity index (χ4v) is 4.97. The maximum atomic E-state index is 12.0. The van der Waals surface area contributed by atoms with Gasteiger partial charge in [0.15, 0.2) is 10.6 Å². The number of benzene rings is 2. The lowest BCUT2D eigenvalue weighted by atomic mass is 9.96. The van der Waals surface area contributed by atoms with E-state index in [1.165, 1.54) is 22.3 Å². The van der Waals surface area contributed by atoms with E-state index in [1.54, 1.807) is 13.3 Å². The van der Waals surface area contributed by atoms with Gasteiger partial charge in [0.05, 0.1) is 0 Å². The Kier molecular flexibility index (Phi) is 4.52. The molecule has 0 N–H and O–H groups in total. The van der Waals surface area contributed by atoms with Gasteiger partial charge >= 0.3 is 15.6 Å². The summed E-state index contributed by atoms with van der Waals surface area (Å²) in [6.07, 6.45) is 3.55. The largest absolute Gasteiger partial charge is 0.373 e. The minimum absolute atomic E-state index is 0.879. The van der Waals surface area contributed by atoms with Crippen LogP contribution in [0, 0.1) is 0 Å². The highest BCUT2D eigenvalue weighted by Crippen LogP contribution is 2.24. The molecule has 0 spiro atoms. The second-order valence-corrected chi connectivity index (χ2v) is 8.87. The van der Waals surface area contributed by atoms with Crippen molar-refractivity contribution in [1.29, 1.82) is 0 Å². The smallest absolute Gasteiger partial charge is 0.0684 e. The third kappa shape index (κ3) is 3.19. The monoisotopic (exact) mass is 330 g/mol. The minimum Gasteiger partial charge on any atom is -0.0684 e. The summed E-state index contributed by atoms with van der Waals surface area (Å²) in [7, 11) is -2.64. The molecule has 2 unspecified atom stereocenters.